The highest BCUT2D eigenvalue weighted by Gasteiger charge is 2.48. The molecule has 2 amide bonds. The van der Waals surface area contributed by atoms with Crippen molar-refractivity contribution in [1.82, 2.24) is 9.80 Å². The van der Waals surface area contributed by atoms with Crippen molar-refractivity contribution in [2.75, 3.05) is 32.8 Å². The van der Waals surface area contributed by atoms with Crippen LogP contribution in [0, 0.1) is 5.41 Å². The largest absolute Gasteiger partial charge is 0.377 e. The van der Waals surface area contributed by atoms with Crippen molar-refractivity contribution in [3.63, 3.8) is 0 Å². The van der Waals surface area contributed by atoms with E-state index in [0.29, 0.717) is 32.7 Å². The van der Waals surface area contributed by atoms with Crippen molar-refractivity contribution in [2.45, 2.75) is 45.6 Å². The fourth-order valence-electron chi connectivity index (χ4n) is 4.17. The van der Waals surface area contributed by atoms with Crippen LogP contribution in [0.3, 0.4) is 0 Å². The number of likely N-dealkylation sites (tertiary alicyclic amines) is 2. The van der Waals surface area contributed by atoms with Gasteiger partial charge in [-0.1, -0.05) is 30.3 Å². The Hall–Kier alpha value is -1.88. The van der Waals surface area contributed by atoms with Gasteiger partial charge in [-0.3, -0.25) is 9.59 Å². The topological polar surface area (TPSA) is 49.9 Å². The maximum atomic E-state index is 12.8. The second kappa shape index (κ2) is 8.67. The minimum absolute atomic E-state index is 0.159. The lowest BCUT2D eigenvalue weighted by Gasteiger charge is -2.38. The second-order valence-electron chi connectivity index (χ2n) is 7.48. The zero-order valence-corrected chi connectivity index (χ0v) is 15.8. The summed E-state index contributed by atoms with van der Waals surface area (Å²) in [5.41, 5.74) is 0.838. The molecule has 2 aliphatic heterocycles. The molecule has 1 spiro atoms. The lowest BCUT2D eigenvalue weighted by molar-refractivity contribution is -0.145. The van der Waals surface area contributed by atoms with E-state index < -0.39 is 0 Å². The quantitative estimate of drug-likeness (QED) is 0.704. The molecule has 0 N–H and O–H groups in total. The van der Waals surface area contributed by atoms with Crippen LogP contribution in [-0.4, -0.2) is 54.4 Å². The maximum absolute atomic E-state index is 12.8. The Morgan fingerprint density at radius 1 is 1.19 bits per heavy atom. The van der Waals surface area contributed by atoms with Crippen LogP contribution in [-0.2, 0) is 20.9 Å². The third kappa shape index (κ3) is 4.26. The number of hydrogen-bond donors (Lipinski definition) is 0. The molecule has 2 heterocycles. The van der Waals surface area contributed by atoms with E-state index in [1.54, 1.807) is 0 Å². The SMILES string of the molecule is CCN1CCCC2(CCN(C(=O)CCCOCc3ccccc3)C2)C1=O. The number of ether oxygens (including phenoxy) is 1. The van der Waals surface area contributed by atoms with Crippen molar-refractivity contribution < 1.29 is 14.3 Å². The Bertz CT molecular complexity index is 619. The van der Waals surface area contributed by atoms with Crippen molar-refractivity contribution in [3.05, 3.63) is 35.9 Å². The summed E-state index contributed by atoms with van der Waals surface area (Å²) in [6, 6.07) is 10.1. The monoisotopic (exact) mass is 358 g/mol. The molecule has 0 aromatic heterocycles. The number of rotatable bonds is 7. The van der Waals surface area contributed by atoms with Crippen molar-refractivity contribution in [1.29, 1.82) is 0 Å². The minimum Gasteiger partial charge on any atom is -0.377 e. The van der Waals surface area contributed by atoms with Gasteiger partial charge in [0.25, 0.3) is 0 Å². The predicted molar refractivity (Wildman–Crippen MR) is 100 cm³/mol. The van der Waals surface area contributed by atoms with Crippen LogP contribution >= 0.6 is 0 Å². The molecular formula is C21H30N2O3. The number of benzene rings is 1. The first kappa shape index (κ1) is 18.9. The number of piperidine rings is 1. The molecule has 2 fully saturated rings. The summed E-state index contributed by atoms with van der Waals surface area (Å²) >= 11 is 0. The molecule has 26 heavy (non-hydrogen) atoms. The number of carbonyl (C=O) groups excluding carboxylic acids is 2. The highest BCUT2D eigenvalue weighted by molar-refractivity contribution is 5.86. The number of nitrogens with zero attached hydrogens (tertiary/aromatic N) is 2. The smallest absolute Gasteiger partial charge is 0.230 e. The molecule has 1 atom stereocenters. The first-order valence-electron chi connectivity index (χ1n) is 9.83. The van der Waals surface area contributed by atoms with Gasteiger partial charge in [0.05, 0.1) is 12.0 Å². The molecule has 142 valence electrons. The molecular weight excluding hydrogens is 328 g/mol. The second-order valence-corrected chi connectivity index (χ2v) is 7.48. The Labute approximate surface area is 156 Å². The normalized spacial score (nSPS) is 23.0. The summed E-state index contributed by atoms with van der Waals surface area (Å²) < 4.78 is 5.66. The highest BCUT2D eigenvalue weighted by Crippen LogP contribution is 2.40. The number of carbonyl (C=O) groups is 2. The molecule has 1 aromatic carbocycles. The van der Waals surface area contributed by atoms with Crippen molar-refractivity contribution in [3.8, 4) is 0 Å². The highest BCUT2D eigenvalue weighted by atomic mass is 16.5. The number of amides is 2. The van der Waals surface area contributed by atoms with E-state index in [4.69, 9.17) is 4.74 Å². The van der Waals surface area contributed by atoms with Gasteiger partial charge in [-0.05, 0) is 38.2 Å². The molecule has 2 saturated heterocycles. The zero-order valence-electron chi connectivity index (χ0n) is 15.8. The summed E-state index contributed by atoms with van der Waals surface area (Å²) in [6.07, 6.45) is 4.01. The van der Waals surface area contributed by atoms with Gasteiger partial charge < -0.3 is 14.5 Å². The Morgan fingerprint density at radius 2 is 2.00 bits per heavy atom. The van der Waals surface area contributed by atoms with E-state index in [9.17, 15) is 9.59 Å². The first-order chi connectivity index (χ1) is 12.6. The Balaban J connectivity index is 1.40. The molecule has 0 aliphatic carbocycles. The van der Waals surface area contributed by atoms with Gasteiger partial charge in [-0.25, -0.2) is 0 Å². The van der Waals surface area contributed by atoms with E-state index in [1.807, 2.05) is 47.1 Å². The average Bonchev–Trinajstić information content (AvgIpc) is 3.10. The van der Waals surface area contributed by atoms with Gasteiger partial charge in [0.2, 0.25) is 11.8 Å². The van der Waals surface area contributed by atoms with E-state index in [1.165, 1.54) is 0 Å². The van der Waals surface area contributed by atoms with Gasteiger partial charge in [-0.15, -0.1) is 0 Å². The number of hydrogen-bond acceptors (Lipinski definition) is 3. The van der Waals surface area contributed by atoms with Crippen LogP contribution in [0.2, 0.25) is 0 Å². The average molecular weight is 358 g/mol. The van der Waals surface area contributed by atoms with E-state index in [-0.39, 0.29) is 17.2 Å². The summed E-state index contributed by atoms with van der Waals surface area (Å²) in [7, 11) is 0. The summed E-state index contributed by atoms with van der Waals surface area (Å²) in [6.45, 7) is 6.16. The molecule has 5 heteroatoms. The van der Waals surface area contributed by atoms with Crippen LogP contribution < -0.4 is 0 Å². The fourth-order valence-corrected chi connectivity index (χ4v) is 4.17. The third-order valence-corrected chi connectivity index (χ3v) is 5.70. The zero-order chi connectivity index (χ0) is 18.4. The van der Waals surface area contributed by atoms with Crippen LogP contribution in [0.1, 0.15) is 44.6 Å². The van der Waals surface area contributed by atoms with Crippen molar-refractivity contribution in [2.24, 2.45) is 5.41 Å². The summed E-state index contributed by atoms with van der Waals surface area (Å²) in [4.78, 5) is 29.1. The van der Waals surface area contributed by atoms with Crippen LogP contribution in [0.25, 0.3) is 0 Å². The van der Waals surface area contributed by atoms with E-state index >= 15 is 0 Å². The molecule has 0 radical (unpaired) electrons. The van der Waals surface area contributed by atoms with E-state index in [2.05, 4.69) is 0 Å². The molecule has 0 saturated carbocycles. The Kier molecular flexibility index (Phi) is 6.30. The molecule has 5 nitrogen and oxygen atoms in total. The fraction of sp³-hybridized carbons (Fsp3) is 0.619. The lowest BCUT2D eigenvalue weighted by atomic mass is 9.78. The summed E-state index contributed by atoms with van der Waals surface area (Å²) in [5, 5.41) is 0. The molecule has 2 aliphatic rings. The van der Waals surface area contributed by atoms with Gasteiger partial charge in [0, 0.05) is 39.2 Å². The van der Waals surface area contributed by atoms with Gasteiger partial charge in [0.15, 0.2) is 0 Å². The molecule has 0 bridgehead atoms. The van der Waals surface area contributed by atoms with Crippen LogP contribution in [0.15, 0.2) is 30.3 Å². The third-order valence-electron chi connectivity index (χ3n) is 5.70. The minimum atomic E-state index is -0.312. The van der Waals surface area contributed by atoms with Crippen LogP contribution in [0.5, 0.6) is 0 Å². The molecule has 1 aromatic rings. The first-order valence-corrected chi connectivity index (χ1v) is 9.83. The maximum Gasteiger partial charge on any atom is 0.230 e. The Morgan fingerprint density at radius 3 is 2.77 bits per heavy atom. The van der Waals surface area contributed by atoms with Gasteiger partial charge >= 0.3 is 0 Å². The standard InChI is InChI=1S/C21H30N2O3/c1-2-22-13-7-11-21(20(22)25)12-14-23(17-21)19(24)10-6-15-26-16-18-8-4-3-5-9-18/h3-5,8-9H,2,6-7,10-17H2,1H3. The van der Waals surface area contributed by atoms with E-state index in [0.717, 1.165) is 44.3 Å². The lowest BCUT2D eigenvalue weighted by Crippen LogP contribution is -2.50. The summed E-state index contributed by atoms with van der Waals surface area (Å²) in [5.74, 6) is 0.416. The van der Waals surface area contributed by atoms with Crippen LogP contribution in [0.4, 0.5) is 0 Å². The van der Waals surface area contributed by atoms with Crippen molar-refractivity contribution >= 4 is 11.8 Å². The predicted octanol–water partition coefficient (Wildman–Crippen LogP) is 2.84. The molecule has 1 unspecified atom stereocenters. The van der Waals surface area contributed by atoms with Gasteiger partial charge in [0.1, 0.15) is 0 Å². The van der Waals surface area contributed by atoms with Gasteiger partial charge in [-0.2, -0.15) is 0 Å². The molecule has 3 rings (SSSR count).